The average Bonchev–Trinajstić information content (AvgIpc) is 2.79. The molecule has 0 bridgehead atoms. The standard InChI is InChI=1S/C28H26F2/c1-2-3-4-20-7-12-23(13-8-20)24-14-9-21(10-15-24)5-6-22-11-17-26-25(19-22)16-18-27(29)28(26)30/h2,9-11,14-20,23H,1,3-4,7-8,12-13H2. The minimum Gasteiger partial charge on any atom is -0.204 e. The highest BCUT2D eigenvalue weighted by atomic mass is 19.2. The van der Waals surface area contributed by atoms with Crippen LogP contribution in [-0.4, -0.2) is 0 Å². The van der Waals surface area contributed by atoms with Crippen LogP contribution in [0.4, 0.5) is 8.78 Å². The molecule has 1 aliphatic carbocycles. The maximum absolute atomic E-state index is 13.8. The van der Waals surface area contributed by atoms with Crippen LogP contribution >= 0.6 is 0 Å². The van der Waals surface area contributed by atoms with E-state index in [0.29, 0.717) is 11.3 Å². The second-order valence-electron chi connectivity index (χ2n) is 8.25. The van der Waals surface area contributed by atoms with E-state index in [1.165, 1.54) is 37.7 Å². The van der Waals surface area contributed by atoms with Crippen molar-refractivity contribution >= 4 is 10.8 Å². The molecule has 3 aromatic rings. The van der Waals surface area contributed by atoms with Crippen molar-refractivity contribution in [2.45, 2.75) is 44.4 Å². The van der Waals surface area contributed by atoms with E-state index >= 15 is 0 Å². The van der Waals surface area contributed by atoms with E-state index in [4.69, 9.17) is 0 Å². The van der Waals surface area contributed by atoms with E-state index < -0.39 is 11.6 Å². The Morgan fingerprint density at radius 3 is 2.30 bits per heavy atom. The molecule has 4 rings (SSSR count). The van der Waals surface area contributed by atoms with Gasteiger partial charge in [0.25, 0.3) is 0 Å². The van der Waals surface area contributed by atoms with Crippen LogP contribution in [0.15, 0.2) is 67.3 Å². The quantitative estimate of drug-likeness (QED) is 0.310. The smallest absolute Gasteiger partial charge is 0.166 e. The van der Waals surface area contributed by atoms with Crippen molar-refractivity contribution in [2.75, 3.05) is 0 Å². The van der Waals surface area contributed by atoms with Crippen molar-refractivity contribution in [3.05, 3.63) is 95.6 Å². The second kappa shape index (κ2) is 9.26. The summed E-state index contributed by atoms with van der Waals surface area (Å²) in [7, 11) is 0. The van der Waals surface area contributed by atoms with Gasteiger partial charge in [-0.05, 0) is 91.6 Å². The van der Waals surface area contributed by atoms with Gasteiger partial charge in [0.1, 0.15) is 0 Å². The van der Waals surface area contributed by atoms with Crippen molar-refractivity contribution in [3.63, 3.8) is 0 Å². The van der Waals surface area contributed by atoms with Crippen molar-refractivity contribution in [2.24, 2.45) is 5.92 Å². The summed E-state index contributed by atoms with van der Waals surface area (Å²) in [6.07, 6.45) is 9.59. The molecule has 1 fully saturated rings. The van der Waals surface area contributed by atoms with Gasteiger partial charge in [-0.1, -0.05) is 42.2 Å². The van der Waals surface area contributed by atoms with Gasteiger partial charge >= 0.3 is 0 Å². The molecule has 30 heavy (non-hydrogen) atoms. The number of hydrogen-bond acceptors (Lipinski definition) is 0. The molecule has 0 amide bonds. The van der Waals surface area contributed by atoms with Gasteiger partial charge in [0.2, 0.25) is 0 Å². The normalized spacial score (nSPS) is 18.6. The van der Waals surface area contributed by atoms with Crippen molar-refractivity contribution in [3.8, 4) is 11.8 Å². The number of allylic oxidation sites excluding steroid dienone is 1. The molecule has 0 spiro atoms. The van der Waals surface area contributed by atoms with E-state index in [1.54, 1.807) is 24.3 Å². The summed E-state index contributed by atoms with van der Waals surface area (Å²) in [5.41, 5.74) is 3.16. The highest BCUT2D eigenvalue weighted by Crippen LogP contribution is 2.37. The van der Waals surface area contributed by atoms with Crippen molar-refractivity contribution < 1.29 is 8.78 Å². The third-order valence-electron chi connectivity index (χ3n) is 6.27. The van der Waals surface area contributed by atoms with Gasteiger partial charge in [-0.3, -0.25) is 0 Å². The molecular weight excluding hydrogens is 374 g/mol. The predicted molar refractivity (Wildman–Crippen MR) is 120 cm³/mol. The molecule has 0 aliphatic heterocycles. The zero-order valence-corrected chi connectivity index (χ0v) is 17.1. The van der Waals surface area contributed by atoms with Crippen LogP contribution in [0.5, 0.6) is 0 Å². The maximum atomic E-state index is 13.8. The summed E-state index contributed by atoms with van der Waals surface area (Å²) in [5, 5.41) is 0.934. The molecule has 1 saturated carbocycles. The summed E-state index contributed by atoms with van der Waals surface area (Å²) >= 11 is 0. The third-order valence-corrected chi connectivity index (χ3v) is 6.27. The molecule has 0 atom stereocenters. The molecule has 1 aliphatic rings. The van der Waals surface area contributed by atoms with Gasteiger partial charge in [-0.25, -0.2) is 8.78 Å². The Balaban J connectivity index is 1.42. The zero-order valence-electron chi connectivity index (χ0n) is 17.1. The minimum absolute atomic E-state index is 0.282. The topological polar surface area (TPSA) is 0 Å². The van der Waals surface area contributed by atoms with Crippen LogP contribution in [0.3, 0.4) is 0 Å². The van der Waals surface area contributed by atoms with E-state index in [-0.39, 0.29) is 5.39 Å². The van der Waals surface area contributed by atoms with E-state index in [1.807, 2.05) is 6.08 Å². The van der Waals surface area contributed by atoms with Crippen LogP contribution in [0, 0.1) is 29.4 Å². The number of hydrogen-bond donors (Lipinski definition) is 0. The fourth-order valence-corrected chi connectivity index (χ4v) is 4.46. The Bertz CT molecular complexity index is 1090. The molecule has 0 aromatic heterocycles. The number of fused-ring (bicyclic) bond motifs is 1. The highest BCUT2D eigenvalue weighted by molar-refractivity contribution is 5.84. The fourth-order valence-electron chi connectivity index (χ4n) is 4.46. The summed E-state index contributed by atoms with van der Waals surface area (Å²) in [6, 6.07) is 16.4. The van der Waals surface area contributed by atoms with E-state index in [0.717, 1.165) is 29.5 Å². The third kappa shape index (κ3) is 4.62. The minimum atomic E-state index is -0.827. The predicted octanol–water partition coefficient (Wildman–Crippen LogP) is 7.76. The summed E-state index contributed by atoms with van der Waals surface area (Å²) in [6.45, 7) is 3.83. The lowest BCUT2D eigenvalue weighted by molar-refractivity contribution is 0.312. The molecule has 0 heterocycles. The maximum Gasteiger partial charge on any atom is 0.166 e. The zero-order chi connectivity index (χ0) is 20.9. The van der Waals surface area contributed by atoms with Crippen LogP contribution in [-0.2, 0) is 0 Å². The Labute approximate surface area is 177 Å². The summed E-state index contributed by atoms with van der Waals surface area (Å²) in [4.78, 5) is 0. The first-order chi connectivity index (χ1) is 14.6. The van der Waals surface area contributed by atoms with Crippen LogP contribution in [0.2, 0.25) is 0 Å². The monoisotopic (exact) mass is 400 g/mol. The SMILES string of the molecule is C=CCCC1CCC(c2ccc(C#Cc3ccc4c(F)c(F)ccc4c3)cc2)CC1. The molecule has 2 heteroatoms. The lowest BCUT2D eigenvalue weighted by Crippen LogP contribution is -2.13. The lowest BCUT2D eigenvalue weighted by Gasteiger charge is -2.28. The van der Waals surface area contributed by atoms with Gasteiger partial charge in [0.15, 0.2) is 11.6 Å². The fraction of sp³-hybridized carbons (Fsp3) is 0.286. The molecular formula is C28H26F2. The van der Waals surface area contributed by atoms with Gasteiger partial charge in [0.05, 0.1) is 0 Å². The Morgan fingerprint density at radius 2 is 1.57 bits per heavy atom. The van der Waals surface area contributed by atoms with E-state index in [9.17, 15) is 8.78 Å². The molecule has 0 radical (unpaired) electrons. The molecule has 0 N–H and O–H groups in total. The van der Waals surface area contributed by atoms with Crippen LogP contribution < -0.4 is 0 Å². The molecule has 0 saturated heterocycles. The molecule has 3 aromatic carbocycles. The lowest BCUT2D eigenvalue weighted by atomic mass is 9.77. The first kappa shape index (κ1) is 20.4. The van der Waals surface area contributed by atoms with Gasteiger partial charge in [0, 0.05) is 16.5 Å². The van der Waals surface area contributed by atoms with Crippen LogP contribution in [0.1, 0.15) is 61.1 Å². The Kier molecular flexibility index (Phi) is 6.29. The molecule has 0 unspecified atom stereocenters. The first-order valence-electron chi connectivity index (χ1n) is 10.7. The first-order valence-corrected chi connectivity index (χ1v) is 10.7. The Morgan fingerprint density at radius 1 is 0.867 bits per heavy atom. The summed E-state index contributed by atoms with van der Waals surface area (Å²) < 4.78 is 27.2. The van der Waals surface area contributed by atoms with E-state index in [2.05, 4.69) is 42.7 Å². The van der Waals surface area contributed by atoms with Gasteiger partial charge in [-0.15, -0.1) is 6.58 Å². The van der Waals surface area contributed by atoms with Gasteiger partial charge < -0.3 is 0 Å². The van der Waals surface area contributed by atoms with Gasteiger partial charge in [-0.2, -0.15) is 0 Å². The second-order valence-corrected chi connectivity index (χ2v) is 8.25. The van der Waals surface area contributed by atoms with Crippen molar-refractivity contribution in [1.82, 2.24) is 0 Å². The number of halogens is 2. The number of benzene rings is 3. The highest BCUT2D eigenvalue weighted by Gasteiger charge is 2.21. The summed E-state index contributed by atoms with van der Waals surface area (Å²) in [5.74, 6) is 6.20. The Hall–Kier alpha value is -2.92. The average molecular weight is 401 g/mol. The number of rotatable bonds is 4. The van der Waals surface area contributed by atoms with Crippen LogP contribution in [0.25, 0.3) is 10.8 Å². The van der Waals surface area contributed by atoms with Crippen molar-refractivity contribution in [1.29, 1.82) is 0 Å². The molecule has 0 nitrogen and oxygen atoms in total. The molecule has 152 valence electrons. The largest absolute Gasteiger partial charge is 0.204 e.